The Morgan fingerprint density at radius 3 is 2.70 bits per heavy atom. The molecular formula is C33H35F2N7O2. The summed E-state index contributed by atoms with van der Waals surface area (Å²) in [6.45, 7) is 3.28. The molecule has 9 nitrogen and oxygen atoms in total. The van der Waals surface area contributed by atoms with Crippen LogP contribution < -0.4 is 5.73 Å². The molecule has 4 atom stereocenters. The van der Waals surface area contributed by atoms with Gasteiger partial charge in [-0.05, 0) is 78.1 Å². The molecule has 0 radical (unpaired) electrons. The highest BCUT2D eigenvalue weighted by molar-refractivity contribution is 5.78. The fraction of sp³-hybridized carbons (Fsp3) is 0.424. The molecule has 1 amide bonds. The number of likely N-dealkylation sites (tertiary alicyclic amines) is 1. The Morgan fingerprint density at radius 1 is 1.16 bits per heavy atom. The number of halogens is 2. The van der Waals surface area contributed by atoms with Crippen molar-refractivity contribution in [2.75, 3.05) is 13.2 Å². The second-order valence-corrected chi connectivity index (χ2v) is 11.9. The Morgan fingerprint density at radius 2 is 1.98 bits per heavy atom. The van der Waals surface area contributed by atoms with Crippen molar-refractivity contribution in [2.45, 2.75) is 70.1 Å². The van der Waals surface area contributed by atoms with Gasteiger partial charge in [0.1, 0.15) is 17.5 Å². The highest BCUT2D eigenvalue weighted by atomic mass is 19.1. The lowest BCUT2D eigenvalue weighted by atomic mass is 9.73. The van der Waals surface area contributed by atoms with Crippen molar-refractivity contribution < 1.29 is 18.3 Å². The fourth-order valence-corrected chi connectivity index (χ4v) is 6.74. The third-order valence-corrected chi connectivity index (χ3v) is 8.81. The standard InChI is InChI=1S/C33H35F2N7O2/c1-20-12-22(15-28(37)33(20)44-11-3-8-36)25-7-9-38-17-23(25)16-30-39-18-24-5-6-29(40-42(24)30)32-26(34)13-21(14-27(32)35)19-41-10-2-4-31(41)43/h5-7,9,13-14,17-18,20,22,28,33H,2-4,10-12,15-16,19,37H2,1H3/t20-,22+,28+,33-/m0/s1. The zero-order valence-electron chi connectivity index (χ0n) is 24.6. The number of ether oxygens (including phenoxy) is 1. The van der Waals surface area contributed by atoms with Gasteiger partial charge >= 0.3 is 0 Å². The van der Waals surface area contributed by atoms with Crippen molar-refractivity contribution in [3.63, 3.8) is 0 Å². The van der Waals surface area contributed by atoms with Crippen LogP contribution in [-0.4, -0.2) is 55.7 Å². The second kappa shape index (κ2) is 12.8. The minimum absolute atomic E-state index is 0.00233. The number of hydrogen-bond donors (Lipinski definition) is 1. The lowest BCUT2D eigenvalue weighted by molar-refractivity contribution is -0.128. The Balaban J connectivity index is 1.24. The van der Waals surface area contributed by atoms with E-state index < -0.39 is 11.6 Å². The van der Waals surface area contributed by atoms with Crippen molar-refractivity contribution in [1.82, 2.24) is 24.5 Å². The summed E-state index contributed by atoms with van der Waals surface area (Å²) < 4.78 is 38.2. The molecule has 1 aromatic carbocycles. The smallest absolute Gasteiger partial charge is 0.222 e. The molecule has 0 bridgehead atoms. The predicted molar refractivity (Wildman–Crippen MR) is 159 cm³/mol. The number of hydrogen-bond acceptors (Lipinski definition) is 7. The fourth-order valence-electron chi connectivity index (χ4n) is 6.74. The van der Waals surface area contributed by atoms with Gasteiger partial charge in [0.2, 0.25) is 5.91 Å². The summed E-state index contributed by atoms with van der Waals surface area (Å²) in [7, 11) is 0. The molecule has 2 aliphatic rings. The van der Waals surface area contributed by atoms with Crippen LogP contribution in [0.2, 0.25) is 0 Å². The second-order valence-electron chi connectivity index (χ2n) is 11.9. The summed E-state index contributed by atoms with van der Waals surface area (Å²) in [5.74, 6) is -0.433. The monoisotopic (exact) mass is 599 g/mol. The van der Waals surface area contributed by atoms with E-state index in [1.807, 2.05) is 12.3 Å². The van der Waals surface area contributed by atoms with Gasteiger partial charge in [0.15, 0.2) is 0 Å². The van der Waals surface area contributed by atoms with Crippen molar-refractivity contribution in [3.8, 4) is 17.3 Å². The largest absolute Gasteiger partial charge is 0.375 e. The van der Waals surface area contributed by atoms with E-state index >= 15 is 8.78 Å². The van der Waals surface area contributed by atoms with E-state index in [1.165, 1.54) is 12.1 Å². The zero-order valence-corrected chi connectivity index (χ0v) is 24.6. The molecule has 3 aromatic heterocycles. The minimum atomic E-state index is -0.729. The molecule has 4 aromatic rings. The molecule has 1 saturated carbocycles. The number of nitrogens with two attached hydrogens (primary N) is 1. The third kappa shape index (κ3) is 6.05. The number of carbonyl (C=O) groups is 1. The number of rotatable bonds is 9. The SMILES string of the molecule is C[C@H]1C[C@@H](c2ccncc2Cc2ncc3ccc(-c4c(F)cc(CN5CCCC5=O)cc4F)nn23)C[C@@H](N)[C@H]1OCCC#N. The van der Waals surface area contributed by atoms with Crippen molar-refractivity contribution >= 4 is 11.4 Å². The zero-order chi connectivity index (χ0) is 30.8. The summed E-state index contributed by atoms with van der Waals surface area (Å²) in [6.07, 6.45) is 8.80. The average molecular weight is 600 g/mol. The molecule has 2 N–H and O–H groups in total. The Labute approximate surface area is 254 Å². The predicted octanol–water partition coefficient (Wildman–Crippen LogP) is 4.92. The summed E-state index contributed by atoms with van der Waals surface area (Å²) in [5, 5.41) is 13.5. The maximum Gasteiger partial charge on any atom is 0.222 e. The molecule has 4 heterocycles. The molecule has 0 unspecified atom stereocenters. The van der Waals surface area contributed by atoms with Gasteiger partial charge in [-0.2, -0.15) is 10.4 Å². The number of fused-ring (bicyclic) bond motifs is 1. The summed E-state index contributed by atoms with van der Waals surface area (Å²) in [4.78, 5) is 22.6. The van der Waals surface area contributed by atoms with E-state index in [0.29, 0.717) is 49.3 Å². The van der Waals surface area contributed by atoms with Crippen molar-refractivity contribution in [1.29, 1.82) is 5.26 Å². The normalized spacial score (nSPS) is 22.1. The maximum absolute atomic E-state index is 15.3. The molecule has 1 saturated heterocycles. The molecule has 228 valence electrons. The van der Waals surface area contributed by atoms with Crippen LogP contribution >= 0.6 is 0 Å². The van der Waals surface area contributed by atoms with Gasteiger partial charge in [0, 0.05) is 44.4 Å². The number of nitrogens with zero attached hydrogens (tertiary/aromatic N) is 6. The molecule has 44 heavy (non-hydrogen) atoms. The molecule has 11 heteroatoms. The van der Waals surface area contributed by atoms with Crippen LogP contribution in [0.1, 0.15) is 67.5 Å². The Bertz CT molecular complexity index is 1680. The molecule has 1 aliphatic heterocycles. The highest BCUT2D eigenvalue weighted by Gasteiger charge is 2.35. The third-order valence-electron chi connectivity index (χ3n) is 8.81. The van der Waals surface area contributed by atoms with E-state index in [9.17, 15) is 4.79 Å². The number of pyridine rings is 1. The number of nitriles is 1. The Kier molecular flexibility index (Phi) is 8.64. The van der Waals surface area contributed by atoms with E-state index in [4.69, 9.17) is 15.7 Å². The van der Waals surface area contributed by atoms with Gasteiger partial charge in [0.25, 0.3) is 0 Å². The van der Waals surface area contributed by atoms with Crippen LogP contribution in [0.4, 0.5) is 8.78 Å². The van der Waals surface area contributed by atoms with E-state index in [-0.39, 0.29) is 47.7 Å². The summed E-state index contributed by atoms with van der Waals surface area (Å²) in [6, 6.07) is 9.86. The van der Waals surface area contributed by atoms with E-state index in [0.717, 1.165) is 30.4 Å². The van der Waals surface area contributed by atoms with Gasteiger partial charge in [-0.25, -0.2) is 18.3 Å². The minimum Gasteiger partial charge on any atom is -0.375 e. The number of carbonyl (C=O) groups excluding carboxylic acids is 1. The van der Waals surface area contributed by atoms with Gasteiger partial charge in [0.05, 0.1) is 48.2 Å². The molecule has 2 fully saturated rings. The Hall–Kier alpha value is -4.27. The van der Waals surface area contributed by atoms with Crippen molar-refractivity contribution in [3.05, 3.63) is 83.1 Å². The van der Waals surface area contributed by atoms with Gasteiger partial charge in [-0.15, -0.1) is 0 Å². The van der Waals surface area contributed by atoms with Gasteiger partial charge in [-0.1, -0.05) is 6.92 Å². The van der Waals surface area contributed by atoms with Gasteiger partial charge < -0.3 is 15.4 Å². The van der Waals surface area contributed by atoms with Crippen LogP contribution in [0.25, 0.3) is 16.8 Å². The topological polar surface area (TPSA) is 122 Å². The van der Waals surface area contributed by atoms with Crippen LogP contribution in [0, 0.1) is 28.9 Å². The summed E-state index contributed by atoms with van der Waals surface area (Å²) >= 11 is 0. The van der Waals surface area contributed by atoms with Crippen LogP contribution in [0.5, 0.6) is 0 Å². The lowest BCUT2D eigenvalue weighted by Crippen LogP contribution is -2.46. The van der Waals surface area contributed by atoms with Crippen LogP contribution in [0.15, 0.2) is 48.9 Å². The quantitative estimate of drug-likeness (QED) is 0.271. The molecular weight excluding hydrogens is 564 g/mol. The first-order valence-electron chi connectivity index (χ1n) is 15.1. The van der Waals surface area contributed by atoms with E-state index in [1.54, 1.807) is 33.9 Å². The number of benzene rings is 1. The van der Waals surface area contributed by atoms with E-state index in [2.05, 4.69) is 28.1 Å². The molecule has 6 rings (SSSR count). The maximum atomic E-state index is 15.3. The number of imidazole rings is 1. The van der Waals surface area contributed by atoms with Gasteiger partial charge in [-0.3, -0.25) is 9.78 Å². The lowest BCUT2D eigenvalue weighted by Gasteiger charge is -2.39. The van der Waals surface area contributed by atoms with Crippen LogP contribution in [-0.2, 0) is 22.5 Å². The van der Waals surface area contributed by atoms with Crippen LogP contribution in [0.3, 0.4) is 0 Å². The summed E-state index contributed by atoms with van der Waals surface area (Å²) in [5.41, 5.74) is 9.72. The van der Waals surface area contributed by atoms with Crippen molar-refractivity contribution in [2.24, 2.45) is 11.7 Å². The number of aromatic nitrogens is 4. The first-order chi connectivity index (χ1) is 21.3. The molecule has 0 spiro atoms. The first kappa shape index (κ1) is 29.8. The highest BCUT2D eigenvalue weighted by Crippen LogP contribution is 2.39. The average Bonchev–Trinajstić information content (AvgIpc) is 3.59. The first-order valence-corrected chi connectivity index (χ1v) is 15.1. The number of amides is 1. The molecule has 1 aliphatic carbocycles.